The number of aromatic nitrogens is 3. The molecule has 0 saturated heterocycles. The van der Waals surface area contributed by atoms with Gasteiger partial charge in [-0.2, -0.15) is 10.2 Å². The van der Waals surface area contributed by atoms with Gasteiger partial charge in [-0.1, -0.05) is 12.1 Å². The van der Waals surface area contributed by atoms with E-state index >= 15 is 0 Å². The molecule has 2 heterocycles. The topological polar surface area (TPSA) is 78.5 Å². The maximum atomic E-state index is 8.50. The summed E-state index contributed by atoms with van der Waals surface area (Å²) in [7, 11) is 0. The highest BCUT2D eigenvalue weighted by Crippen LogP contribution is 2.21. The maximum absolute atomic E-state index is 8.50. The lowest BCUT2D eigenvalue weighted by Crippen LogP contribution is -1.93. The zero-order valence-corrected chi connectivity index (χ0v) is 8.97. The number of hydrogen-bond acceptors (Lipinski definition) is 4. The first-order chi connectivity index (χ1) is 7.81. The normalized spacial score (nSPS) is 12.2. The molecule has 2 aromatic heterocycles. The Morgan fingerprint density at radius 2 is 2.50 bits per heavy atom. The van der Waals surface area contributed by atoms with Crippen molar-refractivity contribution >= 4 is 0 Å². The summed E-state index contributed by atoms with van der Waals surface area (Å²) < 4.78 is 5.16. The first-order valence-electron chi connectivity index (χ1n) is 5.15. The molecule has 0 fully saturated rings. The van der Waals surface area contributed by atoms with Crippen LogP contribution in [0.15, 0.2) is 22.9 Å². The predicted molar refractivity (Wildman–Crippen MR) is 57.3 cm³/mol. The van der Waals surface area contributed by atoms with Crippen LogP contribution in [-0.4, -0.2) is 15.1 Å². The quantitative estimate of drug-likeness (QED) is 0.851. The van der Waals surface area contributed by atoms with Crippen LogP contribution in [0, 0.1) is 11.3 Å². The van der Waals surface area contributed by atoms with Crippen LogP contribution in [0.25, 0.3) is 11.5 Å². The molecule has 0 amide bonds. The molecule has 1 atom stereocenters. The Bertz CT molecular complexity index is 480. The Kier molecular flexibility index (Phi) is 3.01. The molecule has 2 aromatic rings. The van der Waals surface area contributed by atoms with Crippen LogP contribution in [-0.2, 0) is 0 Å². The maximum Gasteiger partial charge on any atom is 0.229 e. The second-order valence-electron chi connectivity index (χ2n) is 3.64. The van der Waals surface area contributed by atoms with E-state index in [9.17, 15) is 0 Å². The summed E-state index contributed by atoms with van der Waals surface area (Å²) in [5.41, 5.74) is 0.836. The second-order valence-corrected chi connectivity index (χ2v) is 3.64. The summed E-state index contributed by atoms with van der Waals surface area (Å²) in [5, 5.41) is 12.4. The first-order valence-corrected chi connectivity index (χ1v) is 5.15. The van der Waals surface area contributed by atoms with Crippen LogP contribution in [0.1, 0.15) is 31.6 Å². The Balaban J connectivity index is 2.11. The van der Waals surface area contributed by atoms with Crippen molar-refractivity contribution in [1.82, 2.24) is 15.1 Å². The monoisotopic (exact) mass is 216 g/mol. The number of nitrogens with zero attached hydrogens (tertiary/aromatic N) is 3. The van der Waals surface area contributed by atoms with Gasteiger partial charge in [-0.25, -0.2) is 0 Å². The van der Waals surface area contributed by atoms with Gasteiger partial charge in [0.2, 0.25) is 11.7 Å². The van der Waals surface area contributed by atoms with Gasteiger partial charge in [0, 0.05) is 18.5 Å². The molecule has 0 bridgehead atoms. The van der Waals surface area contributed by atoms with E-state index in [1.54, 1.807) is 0 Å². The average molecular weight is 216 g/mol. The minimum Gasteiger partial charge on any atom is -0.359 e. The fourth-order valence-electron chi connectivity index (χ4n) is 1.42. The van der Waals surface area contributed by atoms with E-state index in [1.165, 1.54) is 0 Å². The molecule has 0 saturated carbocycles. The number of rotatable bonds is 4. The summed E-state index contributed by atoms with van der Waals surface area (Å²) in [6, 6.07) is 5.87. The summed E-state index contributed by atoms with van der Waals surface area (Å²) in [6.07, 6.45) is 3.05. The zero-order valence-electron chi connectivity index (χ0n) is 8.97. The molecular formula is C11H12N4O. The van der Waals surface area contributed by atoms with Crippen molar-refractivity contribution in [3.8, 4) is 17.6 Å². The highest BCUT2D eigenvalue weighted by Gasteiger charge is 2.15. The van der Waals surface area contributed by atoms with Gasteiger partial charge in [0.25, 0.3) is 0 Å². The summed E-state index contributed by atoms with van der Waals surface area (Å²) in [4.78, 5) is 7.30. The number of H-pyrrole nitrogens is 1. The Morgan fingerprint density at radius 3 is 3.19 bits per heavy atom. The van der Waals surface area contributed by atoms with Crippen molar-refractivity contribution in [2.24, 2.45) is 0 Å². The van der Waals surface area contributed by atoms with Crippen molar-refractivity contribution in [3.05, 3.63) is 24.2 Å². The first kappa shape index (κ1) is 10.4. The molecule has 0 spiro atoms. The highest BCUT2D eigenvalue weighted by atomic mass is 16.5. The second kappa shape index (κ2) is 4.62. The third-order valence-corrected chi connectivity index (χ3v) is 2.39. The molecule has 0 aromatic carbocycles. The minimum atomic E-state index is 0.121. The minimum absolute atomic E-state index is 0.121. The van der Waals surface area contributed by atoms with Gasteiger partial charge in [0.1, 0.15) is 0 Å². The van der Waals surface area contributed by atoms with Crippen LogP contribution < -0.4 is 0 Å². The van der Waals surface area contributed by atoms with E-state index in [2.05, 4.69) is 21.2 Å². The van der Waals surface area contributed by atoms with Crippen LogP contribution in [0.4, 0.5) is 0 Å². The summed E-state index contributed by atoms with van der Waals surface area (Å²) in [6.45, 7) is 1.98. The lowest BCUT2D eigenvalue weighted by Gasteiger charge is -2.00. The van der Waals surface area contributed by atoms with Gasteiger partial charge in [0.15, 0.2) is 0 Å². The van der Waals surface area contributed by atoms with Gasteiger partial charge in [-0.15, -0.1) is 0 Å². The molecule has 5 heteroatoms. The largest absolute Gasteiger partial charge is 0.359 e. The van der Waals surface area contributed by atoms with Crippen LogP contribution in [0.5, 0.6) is 0 Å². The van der Waals surface area contributed by atoms with Crippen molar-refractivity contribution in [1.29, 1.82) is 5.26 Å². The van der Waals surface area contributed by atoms with E-state index in [4.69, 9.17) is 9.78 Å². The van der Waals surface area contributed by atoms with Gasteiger partial charge in [-0.05, 0) is 18.6 Å². The molecule has 0 aliphatic heterocycles. The molecule has 0 aliphatic rings. The van der Waals surface area contributed by atoms with Gasteiger partial charge in [-0.3, -0.25) is 0 Å². The molecule has 1 N–H and O–H groups in total. The van der Waals surface area contributed by atoms with E-state index < -0.39 is 0 Å². The van der Waals surface area contributed by atoms with Crippen LogP contribution >= 0.6 is 0 Å². The van der Waals surface area contributed by atoms with Crippen molar-refractivity contribution < 1.29 is 4.52 Å². The van der Waals surface area contributed by atoms with Crippen molar-refractivity contribution in [2.75, 3.05) is 0 Å². The molecule has 82 valence electrons. The zero-order chi connectivity index (χ0) is 11.4. The standard InChI is InChI=1S/C11H12N4O/c1-8(4-2-6-12)11-14-10(15-16-11)9-5-3-7-13-9/h3,5,7-8,13H,2,4H2,1H3. The molecule has 2 rings (SSSR count). The summed E-state index contributed by atoms with van der Waals surface area (Å²) >= 11 is 0. The predicted octanol–water partition coefficient (Wildman–Crippen LogP) is 2.47. The van der Waals surface area contributed by atoms with E-state index in [0.717, 1.165) is 12.1 Å². The Morgan fingerprint density at radius 1 is 1.62 bits per heavy atom. The molecule has 0 radical (unpaired) electrons. The van der Waals surface area contributed by atoms with E-state index in [0.29, 0.717) is 18.1 Å². The van der Waals surface area contributed by atoms with Crippen molar-refractivity contribution in [2.45, 2.75) is 25.7 Å². The lowest BCUT2D eigenvalue weighted by atomic mass is 10.1. The molecule has 5 nitrogen and oxygen atoms in total. The molecule has 16 heavy (non-hydrogen) atoms. The fourth-order valence-corrected chi connectivity index (χ4v) is 1.42. The van der Waals surface area contributed by atoms with Crippen LogP contribution in [0.2, 0.25) is 0 Å². The van der Waals surface area contributed by atoms with Gasteiger partial charge < -0.3 is 9.51 Å². The third kappa shape index (κ3) is 2.11. The number of hydrogen-bond donors (Lipinski definition) is 1. The summed E-state index contributed by atoms with van der Waals surface area (Å²) in [5.74, 6) is 1.26. The van der Waals surface area contributed by atoms with Gasteiger partial charge >= 0.3 is 0 Å². The van der Waals surface area contributed by atoms with Crippen molar-refractivity contribution in [3.63, 3.8) is 0 Å². The molecular weight excluding hydrogens is 204 g/mol. The number of aromatic amines is 1. The number of nitriles is 1. The molecule has 0 aliphatic carbocycles. The van der Waals surface area contributed by atoms with Gasteiger partial charge in [0.05, 0.1) is 11.8 Å². The molecule has 1 unspecified atom stereocenters. The Hall–Kier alpha value is -2.09. The van der Waals surface area contributed by atoms with E-state index in [1.807, 2.05) is 25.3 Å². The highest BCUT2D eigenvalue weighted by molar-refractivity contribution is 5.47. The average Bonchev–Trinajstić information content (AvgIpc) is 2.94. The van der Waals surface area contributed by atoms with E-state index in [-0.39, 0.29) is 5.92 Å². The van der Waals surface area contributed by atoms with Crippen LogP contribution in [0.3, 0.4) is 0 Å². The third-order valence-electron chi connectivity index (χ3n) is 2.39. The smallest absolute Gasteiger partial charge is 0.229 e. The fraction of sp³-hybridized carbons (Fsp3) is 0.364. The Labute approximate surface area is 93.1 Å². The number of nitrogens with one attached hydrogen (secondary N) is 1. The lowest BCUT2D eigenvalue weighted by molar-refractivity contribution is 0.355. The SMILES string of the molecule is CC(CCC#N)c1nc(-c2ccc[nH]2)no1.